The van der Waals surface area contributed by atoms with Crippen molar-refractivity contribution in [3.05, 3.63) is 42.1 Å². The van der Waals surface area contributed by atoms with E-state index in [0.717, 1.165) is 24.4 Å². The van der Waals surface area contributed by atoms with Gasteiger partial charge in [-0.15, -0.1) is 0 Å². The average molecular weight is 455 g/mol. The van der Waals surface area contributed by atoms with E-state index in [1.165, 1.54) is 12.3 Å². The van der Waals surface area contributed by atoms with Crippen molar-refractivity contribution in [2.24, 2.45) is 5.92 Å². The summed E-state index contributed by atoms with van der Waals surface area (Å²) in [6.07, 6.45) is 5.44. The van der Waals surface area contributed by atoms with Gasteiger partial charge in [0.15, 0.2) is 5.82 Å². The van der Waals surface area contributed by atoms with Crippen LogP contribution in [0.5, 0.6) is 0 Å². The average Bonchev–Trinajstić information content (AvgIpc) is 3.15. The van der Waals surface area contributed by atoms with Crippen LogP contribution in [-0.4, -0.2) is 63.1 Å². The number of likely N-dealkylation sites (tertiary alicyclic amines) is 1. The Balaban J connectivity index is 1.60. The summed E-state index contributed by atoms with van der Waals surface area (Å²) >= 11 is 0. The molecule has 9 heteroatoms. The number of rotatable bonds is 4. The Morgan fingerprint density at radius 1 is 1.27 bits per heavy atom. The van der Waals surface area contributed by atoms with E-state index in [2.05, 4.69) is 9.97 Å². The molecule has 176 valence electrons. The van der Waals surface area contributed by atoms with Crippen molar-refractivity contribution in [2.45, 2.75) is 45.6 Å². The van der Waals surface area contributed by atoms with Crippen LogP contribution in [0.15, 0.2) is 30.6 Å². The molecule has 0 aromatic carbocycles. The molecule has 0 radical (unpaired) electrons. The van der Waals surface area contributed by atoms with Gasteiger partial charge < -0.3 is 14.5 Å². The highest BCUT2D eigenvalue weighted by Gasteiger charge is 2.28. The highest BCUT2D eigenvalue weighted by atomic mass is 19.1. The lowest BCUT2D eigenvalue weighted by Gasteiger charge is -2.34. The zero-order valence-corrected chi connectivity index (χ0v) is 19.9. The van der Waals surface area contributed by atoms with Crippen LogP contribution >= 0.6 is 0 Å². The molecule has 0 N–H and O–H groups in total. The fourth-order valence-electron chi connectivity index (χ4n) is 4.07. The molecule has 1 fully saturated rings. The number of carbonyl (C=O) groups is 1. The van der Waals surface area contributed by atoms with Gasteiger partial charge in [0.25, 0.3) is 0 Å². The van der Waals surface area contributed by atoms with Gasteiger partial charge in [0, 0.05) is 45.1 Å². The van der Waals surface area contributed by atoms with Crippen LogP contribution in [0.2, 0.25) is 0 Å². The smallest absolute Gasteiger partial charge is 0.410 e. The quantitative estimate of drug-likeness (QED) is 0.589. The third kappa shape index (κ3) is 5.40. The molecule has 0 unspecified atom stereocenters. The number of imidazole rings is 1. The number of ether oxygens (including phenoxy) is 1. The third-order valence-electron chi connectivity index (χ3n) is 5.59. The van der Waals surface area contributed by atoms with Crippen molar-refractivity contribution >= 4 is 17.6 Å². The van der Waals surface area contributed by atoms with Crippen LogP contribution in [-0.2, 0) is 11.2 Å². The second kappa shape index (κ2) is 8.96. The van der Waals surface area contributed by atoms with Crippen molar-refractivity contribution in [3.8, 4) is 11.5 Å². The van der Waals surface area contributed by atoms with Gasteiger partial charge in [0.2, 0.25) is 0 Å². The largest absolute Gasteiger partial charge is 0.444 e. The Labute approximate surface area is 193 Å². The Morgan fingerprint density at radius 3 is 2.79 bits per heavy atom. The van der Waals surface area contributed by atoms with Crippen molar-refractivity contribution in [3.63, 3.8) is 0 Å². The fourth-order valence-corrected chi connectivity index (χ4v) is 4.07. The van der Waals surface area contributed by atoms with Crippen LogP contribution < -0.4 is 4.90 Å². The second-order valence-corrected chi connectivity index (χ2v) is 9.79. The molecule has 0 aliphatic carbocycles. The van der Waals surface area contributed by atoms with E-state index in [0.29, 0.717) is 36.7 Å². The summed E-state index contributed by atoms with van der Waals surface area (Å²) in [6.45, 7) is 6.97. The summed E-state index contributed by atoms with van der Waals surface area (Å²) in [7, 11) is 3.85. The van der Waals surface area contributed by atoms with Gasteiger partial charge in [0.05, 0.1) is 6.20 Å². The van der Waals surface area contributed by atoms with Gasteiger partial charge in [-0.2, -0.15) is 0 Å². The minimum Gasteiger partial charge on any atom is -0.444 e. The molecule has 33 heavy (non-hydrogen) atoms. The maximum absolute atomic E-state index is 13.9. The van der Waals surface area contributed by atoms with Crippen molar-refractivity contribution in [1.29, 1.82) is 0 Å². The number of carbonyl (C=O) groups excluding carboxylic acids is 1. The topological polar surface area (TPSA) is 75.9 Å². The monoisotopic (exact) mass is 454 g/mol. The molecule has 1 aliphatic heterocycles. The van der Waals surface area contributed by atoms with E-state index in [-0.39, 0.29) is 17.8 Å². The lowest BCUT2D eigenvalue weighted by molar-refractivity contribution is 0.0165. The van der Waals surface area contributed by atoms with E-state index >= 15 is 0 Å². The number of fused-ring (bicyclic) bond motifs is 1. The molecule has 1 atom stereocenters. The van der Waals surface area contributed by atoms with E-state index in [4.69, 9.17) is 9.72 Å². The lowest BCUT2D eigenvalue weighted by atomic mass is 9.93. The number of aromatic nitrogens is 4. The standard InChI is InChI=1S/C24H31FN6O2/c1-24(2,3)33-23(32)30-10-6-7-16(14-30)11-18-12-21(29(4)5)28-22(27-18)19-13-26-20-9-8-17(25)15-31(19)20/h8-9,12-13,15-16H,6-7,10-11,14H2,1-5H3/t16-/m0/s1. The summed E-state index contributed by atoms with van der Waals surface area (Å²) in [5.74, 6) is 1.18. The summed E-state index contributed by atoms with van der Waals surface area (Å²) in [5.41, 5.74) is 1.63. The molecule has 0 saturated carbocycles. The molecule has 4 rings (SSSR count). The highest BCUT2D eigenvalue weighted by Crippen LogP contribution is 2.26. The highest BCUT2D eigenvalue weighted by molar-refractivity contribution is 5.68. The molecule has 1 amide bonds. The van der Waals surface area contributed by atoms with E-state index in [9.17, 15) is 9.18 Å². The summed E-state index contributed by atoms with van der Waals surface area (Å²) in [5, 5.41) is 0. The first-order valence-electron chi connectivity index (χ1n) is 11.3. The molecule has 1 saturated heterocycles. The number of hydrogen-bond acceptors (Lipinski definition) is 6. The van der Waals surface area contributed by atoms with E-state index in [1.807, 2.05) is 45.8 Å². The number of anilines is 1. The first-order valence-corrected chi connectivity index (χ1v) is 11.3. The molecule has 0 bridgehead atoms. The molecular weight excluding hydrogens is 423 g/mol. The van der Waals surface area contributed by atoms with Gasteiger partial charge in [-0.25, -0.2) is 24.1 Å². The van der Waals surface area contributed by atoms with Crippen LogP contribution in [0.1, 0.15) is 39.3 Å². The minimum atomic E-state index is -0.514. The first-order chi connectivity index (χ1) is 15.6. The Kier molecular flexibility index (Phi) is 6.23. The number of nitrogens with zero attached hydrogens (tertiary/aromatic N) is 6. The van der Waals surface area contributed by atoms with Gasteiger partial charge in [-0.1, -0.05) is 0 Å². The third-order valence-corrected chi connectivity index (χ3v) is 5.59. The number of halogens is 1. The van der Waals surface area contributed by atoms with Gasteiger partial charge in [0.1, 0.15) is 28.6 Å². The van der Waals surface area contributed by atoms with Crippen molar-refractivity contribution < 1.29 is 13.9 Å². The zero-order valence-electron chi connectivity index (χ0n) is 19.9. The molecule has 3 aromatic rings. The Morgan fingerprint density at radius 2 is 2.06 bits per heavy atom. The van der Waals surface area contributed by atoms with Crippen molar-refractivity contribution in [2.75, 3.05) is 32.1 Å². The maximum Gasteiger partial charge on any atom is 0.410 e. The lowest BCUT2D eigenvalue weighted by Crippen LogP contribution is -2.43. The molecule has 8 nitrogen and oxygen atoms in total. The van der Waals surface area contributed by atoms with Gasteiger partial charge in [-0.3, -0.25) is 4.40 Å². The molecule has 1 aliphatic rings. The minimum absolute atomic E-state index is 0.266. The SMILES string of the molecule is CN(C)c1cc(C[C@@H]2CCCN(C(=O)OC(C)(C)C)C2)nc(-c2cnc3ccc(F)cn23)n1. The predicted octanol–water partition coefficient (Wildman–Crippen LogP) is 4.19. The van der Waals surface area contributed by atoms with Crippen molar-refractivity contribution in [1.82, 2.24) is 24.3 Å². The molecule has 3 aromatic heterocycles. The number of piperidine rings is 1. The van der Waals surface area contributed by atoms with E-state index in [1.54, 1.807) is 21.6 Å². The molecule has 0 spiro atoms. The zero-order chi connectivity index (χ0) is 23.8. The van der Waals surface area contributed by atoms with E-state index < -0.39 is 5.60 Å². The summed E-state index contributed by atoms with van der Waals surface area (Å²) in [6, 6.07) is 4.98. The molecular formula is C24H31FN6O2. The van der Waals surface area contributed by atoms with Crippen LogP contribution in [0.25, 0.3) is 17.2 Å². The summed E-state index contributed by atoms with van der Waals surface area (Å²) in [4.78, 5) is 30.1. The Bertz CT molecular complexity index is 1150. The van der Waals surface area contributed by atoms with Crippen LogP contribution in [0.3, 0.4) is 0 Å². The maximum atomic E-state index is 13.9. The van der Waals surface area contributed by atoms with Crippen LogP contribution in [0, 0.1) is 11.7 Å². The normalized spacial score (nSPS) is 16.8. The van der Waals surface area contributed by atoms with Crippen LogP contribution in [0.4, 0.5) is 15.0 Å². The molecule has 4 heterocycles. The first kappa shape index (κ1) is 22.9. The number of hydrogen-bond donors (Lipinski definition) is 0. The van der Waals surface area contributed by atoms with Gasteiger partial charge in [-0.05, 0) is 58.1 Å². The number of amides is 1. The Hall–Kier alpha value is -3.23. The predicted molar refractivity (Wildman–Crippen MR) is 125 cm³/mol. The van der Waals surface area contributed by atoms with Gasteiger partial charge >= 0.3 is 6.09 Å². The second-order valence-electron chi connectivity index (χ2n) is 9.79. The fraction of sp³-hybridized carbons (Fsp3) is 0.500. The number of pyridine rings is 1. The summed E-state index contributed by atoms with van der Waals surface area (Å²) < 4.78 is 21.1.